The molecule has 1 aliphatic heterocycles. The normalized spacial score (nSPS) is 19.8. The summed E-state index contributed by atoms with van der Waals surface area (Å²) < 4.78 is 5.76. The first kappa shape index (κ1) is 13.7. The molecule has 6 heteroatoms. The van der Waals surface area contributed by atoms with Crippen LogP contribution in [-0.4, -0.2) is 41.2 Å². The number of anilines is 1. The Morgan fingerprint density at radius 3 is 3.15 bits per heavy atom. The van der Waals surface area contributed by atoms with Crippen LogP contribution >= 0.6 is 11.3 Å². The molecule has 0 bridgehead atoms. The van der Waals surface area contributed by atoms with E-state index in [0.717, 1.165) is 35.6 Å². The fourth-order valence-electron chi connectivity index (χ4n) is 2.60. The van der Waals surface area contributed by atoms with E-state index in [2.05, 4.69) is 21.9 Å². The van der Waals surface area contributed by atoms with Crippen LogP contribution in [0.25, 0.3) is 10.2 Å². The van der Waals surface area contributed by atoms with Crippen LogP contribution in [0.1, 0.15) is 25.1 Å². The van der Waals surface area contributed by atoms with Crippen LogP contribution in [0.15, 0.2) is 11.4 Å². The van der Waals surface area contributed by atoms with Crippen molar-refractivity contribution in [2.75, 3.05) is 25.9 Å². The molecule has 1 aliphatic rings. The number of aromatic nitrogens is 2. The second-order valence-electron chi connectivity index (χ2n) is 5.35. The van der Waals surface area contributed by atoms with Crippen LogP contribution < -0.4 is 5.73 Å². The van der Waals surface area contributed by atoms with E-state index in [1.165, 1.54) is 12.8 Å². The molecular weight excluding hydrogens is 272 g/mol. The summed E-state index contributed by atoms with van der Waals surface area (Å²) in [5.74, 6) is 1.37. The number of ether oxygens (including phenoxy) is 1. The van der Waals surface area contributed by atoms with Crippen molar-refractivity contribution in [3.63, 3.8) is 0 Å². The first-order valence-electron chi connectivity index (χ1n) is 7.02. The summed E-state index contributed by atoms with van der Waals surface area (Å²) in [7, 11) is 2.08. The Kier molecular flexibility index (Phi) is 4.14. The molecule has 0 aromatic carbocycles. The van der Waals surface area contributed by atoms with Crippen LogP contribution in [-0.2, 0) is 11.3 Å². The van der Waals surface area contributed by atoms with Gasteiger partial charge in [0.15, 0.2) is 0 Å². The van der Waals surface area contributed by atoms with Crippen molar-refractivity contribution < 1.29 is 4.74 Å². The van der Waals surface area contributed by atoms with Gasteiger partial charge in [-0.3, -0.25) is 4.90 Å². The van der Waals surface area contributed by atoms with Gasteiger partial charge in [0, 0.05) is 13.2 Å². The average molecular weight is 292 g/mol. The van der Waals surface area contributed by atoms with Gasteiger partial charge in [0.05, 0.1) is 18.0 Å². The van der Waals surface area contributed by atoms with Gasteiger partial charge in [0.2, 0.25) is 0 Å². The second-order valence-corrected chi connectivity index (χ2v) is 6.24. The summed E-state index contributed by atoms with van der Waals surface area (Å²) in [5, 5.41) is 2.95. The molecule has 2 aromatic heterocycles. The van der Waals surface area contributed by atoms with Crippen LogP contribution in [0.3, 0.4) is 0 Å². The lowest BCUT2D eigenvalue weighted by Crippen LogP contribution is -2.33. The summed E-state index contributed by atoms with van der Waals surface area (Å²) in [5.41, 5.74) is 5.97. The maximum Gasteiger partial charge on any atom is 0.146 e. The van der Waals surface area contributed by atoms with Crippen molar-refractivity contribution in [2.45, 2.75) is 31.9 Å². The molecule has 3 heterocycles. The Morgan fingerprint density at radius 2 is 2.35 bits per heavy atom. The number of nitrogens with zero attached hydrogens (tertiary/aromatic N) is 3. The molecule has 1 unspecified atom stereocenters. The number of fused-ring (bicyclic) bond motifs is 1. The van der Waals surface area contributed by atoms with Gasteiger partial charge >= 0.3 is 0 Å². The molecule has 0 spiro atoms. The maximum atomic E-state index is 5.97. The Hall–Kier alpha value is -1.24. The van der Waals surface area contributed by atoms with E-state index in [9.17, 15) is 0 Å². The first-order valence-corrected chi connectivity index (χ1v) is 7.90. The van der Waals surface area contributed by atoms with Gasteiger partial charge in [-0.05, 0) is 37.8 Å². The third-order valence-corrected chi connectivity index (χ3v) is 4.41. The van der Waals surface area contributed by atoms with E-state index in [1.807, 2.05) is 11.4 Å². The van der Waals surface area contributed by atoms with Gasteiger partial charge in [-0.25, -0.2) is 9.97 Å². The highest BCUT2D eigenvalue weighted by atomic mass is 32.1. The molecule has 1 fully saturated rings. The SMILES string of the molecule is CN(Cc1nc(N)c2ccsc2n1)CC1CCCCO1. The number of hydrogen-bond donors (Lipinski definition) is 1. The quantitative estimate of drug-likeness (QED) is 0.936. The molecule has 20 heavy (non-hydrogen) atoms. The van der Waals surface area contributed by atoms with E-state index in [-0.39, 0.29) is 0 Å². The monoisotopic (exact) mass is 292 g/mol. The van der Waals surface area contributed by atoms with Crippen molar-refractivity contribution in [3.8, 4) is 0 Å². The Bertz CT molecular complexity index is 580. The molecule has 0 amide bonds. The molecular formula is C14H20N4OS. The predicted octanol–water partition coefficient (Wildman–Crippen LogP) is 2.27. The highest BCUT2D eigenvalue weighted by molar-refractivity contribution is 7.16. The highest BCUT2D eigenvalue weighted by Crippen LogP contribution is 2.23. The average Bonchev–Trinajstić information content (AvgIpc) is 2.88. The molecule has 108 valence electrons. The fraction of sp³-hybridized carbons (Fsp3) is 0.571. The maximum absolute atomic E-state index is 5.97. The molecule has 2 aromatic rings. The number of nitrogens with two attached hydrogens (primary N) is 1. The lowest BCUT2D eigenvalue weighted by molar-refractivity contribution is -0.00289. The second kappa shape index (κ2) is 6.03. The van der Waals surface area contributed by atoms with Crippen molar-refractivity contribution in [3.05, 3.63) is 17.3 Å². The number of thiophene rings is 1. The van der Waals surface area contributed by atoms with E-state index in [0.29, 0.717) is 18.5 Å². The number of likely N-dealkylation sites (N-methyl/N-ethyl adjacent to an activating group) is 1. The van der Waals surface area contributed by atoms with Crippen molar-refractivity contribution in [2.24, 2.45) is 0 Å². The molecule has 3 rings (SSSR count). The molecule has 0 aliphatic carbocycles. The predicted molar refractivity (Wildman–Crippen MR) is 81.8 cm³/mol. The van der Waals surface area contributed by atoms with E-state index in [4.69, 9.17) is 10.5 Å². The van der Waals surface area contributed by atoms with Gasteiger partial charge in [-0.1, -0.05) is 0 Å². The summed E-state index contributed by atoms with van der Waals surface area (Å²) in [6.07, 6.45) is 3.95. The Labute approximate surface area is 122 Å². The van der Waals surface area contributed by atoms with Crippen molar-refractivity contribution >= 4 is 27.4 Å². The smallest absolute Gasteiger partial charge is 0.146 e. The Balaban J connectivity index is 1.65. The fourth-order valence-corrected chi connectivity index (χ4v) is 3.39. The van der Waals surface area contributed by atoms with Gasteiger partial charge in [0.1, 0.15) is 16.5 Å². The zero-order chi connectivity index (χ0) is 13.9. The minimum Gasteiger partial charge on any atom is -0.383 e. The molecule has 2 N–H and O–H groups in total. The third kappa shape index (κ3) is 3.08. The summed E-state index contributed by atoms with van der Waals surface area (Å²) in [6.45, 7) is 2.52. The van der Waals surface area contributed by atoms with E-state index in [1.54, 1.807) is 11.3 Å². The van der Waals surface area contributed by atoms with Crippen LogP contribution in [0.2, 0.25) is 0 Å². The Morgan fingerprint density at radius 1 is 1.45 bits per heavy atom. The van der Waals surface area contributed by atoms with Crippen LogP contribution in [0, 0.1) is 0 Å². The molecule has 0 radical (unpaired) electrons. The number of nitrogen functional groups attached to an aromatic ring is 1. The van der Waals surface area contributed by atoms with Crippen molar-refractivity contribution in [1.29, 1.82) is 0 Å². The zero-order valence-electron chi connectivity index (χ0n) is 11.7. The highest BCUT2D eigenvalue weighted by Gasteiger charge is 2.17. The standard InChI is InChI=1S/C14H20N4OS/c1-18(8-10-4-2-3-6-19-10)9-12-16-13(15)11-5-7-20-14(11)17-12/h5,7,10H,2-4,6,8-9H2,1H3,(H2,15,16,17). The summed E-state index contributed by atoms with van der Waals surface area (Å²) in [4.78, 5) is 12.2. The van der Waals surface area contributed by atoms with Crippen molar-refractivity contribution in [1.82, 2.24) is 14.9 Å². The minimum absolute atomic E-state index is 0.344. The minimum atomic E-state index is 0.344. The van der Waals surface area contributed by atoms with Crippen LogP contribution in [0.5, 0.6) is 0 Å². The number of hydrogen-bond acceptors (Lipinski definition) is 6. The molecule has 5 nitrogen and oxygen atoms in total. The third-order valence-electron chi connectivity index (χ3n) is 3.60. The van der Waals surface area contributed by atoms with Crippen LogP contribution in [0.4, 0.5) is 5.82 Å². The lowest BCUT2D eigenvalue weighted by atomic mass is 10.1. The number of rotatable bonds is 4. The zero-order valence-corrected chi connectivity index (χ0v) is 12.5. The van der Waals surface area contributed by atoms with Gasteiger partial charge in [-0.15, -0.1) is 11.3 Å². The van der Waals surface area contributed by atoms with Gasteiger partial charge in [0.25, 0.3) is 0 Å². The largest absolute Gasteiger partial charge is 0.383 e. The summed E-state index contributed by atoms with van der Waals surface area (Å²) in [6, 6.07) is 1.97. The molecule has 1 saturated heterocycles. The molecule has 0 saturated carbocycles. The van der Waals surface area contributed by atoms with E-state index >= 15 is 0 Å². The summed E-state index contributed by atoms with van der Waals surface area (Å²) >= 11 is 1.60. The van der Waals surface area contributed by atoms with Gasteiger partial charge < -0.3 is 10.5 Å². The van der Waals surface area contributed by atoms with E-state index < -0.39 is 0 Å². The molecule has 1 atom stereocenters. The topological polar surface area (TPSA) is 64.3 Å². The first-order chi connectivity index (χ1) is 9.72. The lowest BCUT2D eigenvalue weighted by Gasteiger charge is -2.27. The van der Waals surface area contributed by atoms with Gasteiger partial charge in [-0.2, -0.15) is 0 Å².